The van der Waals surface area contributed by atoms with Crippen molar-refractivity contribution in [1.82, 2.24) is 20.5 Å². The Kier molecular flexibility index (Phi) is 9.21. The number of hydrogen-bond acceptors (Lipinski definition) is 7. The number of aromatic nitrogens is 1. The van der Waals surface area contributed by atoms with Gasteiger partial charge in [0.15, 0.2) is 0 Å². The first-order chi connectivity index (χ1) is 24.8. The molecule has 52 heavy (non-hydrogen) atoms. The van der Waals surface area contributed by atoms with Crippen LogP contribution in [0, 0.1) is 11.7 Å². The number of carboxylic acid groups (broad SMARTS) is 1. The topological polar surface area (TPSA) is 147 Å². The Morgan fingerprint density at radius 3 is 2.67 bits per heavy atom. The number of alkyl carbamates (subject to hydrolysis) is 1. The highest BCUT2D eigenvalue weighted by Crippen LogP contribution is 2.49. The van der Waals surface area contributed by atoms with E-state index < -0.39 is 58.5 Å². The lowest BCUT2D eigenvalue weighted by Crippen LogP contribution is -2.56. The minimum absolute atomic E-state index is 0.00861. The van der Waals surface area contributed by atoms with Crippen molar-refractivity contribution in [3.05, 3.63) is 72.1 Å². The molecule has 3 amide bonds. The zero-order valence-corrected chi connectivity index (χ0v) is 29.7. The van der Waals surface area contributed by atoms with Crippen LogP contribution in [0.1, 0.15) is 77.7 Å². The molecule has 7 rings (SSSR count). The average molecular weight is 713 g/mol. The fraction of sp³-hybridized carbons (Fsp3) is 0.475. The number of ether oxygens (including phenoxy) is 2. The van der Waals surface area contributed by atoms with Gasteiger partial charge in [0.05, 0.1) is 12.1 Å². The van der Waals surface area contributed by atoms with Crippen LogP contribution in [0.5, 0.6) is 5.75 Å². The van der Waals surface area contributed by atoms with Crippen LogP contribution >= 0.6 is 0 Å². The standard InChI is InChI=1S/C40H45FN4O7/c1-38(2,3)52-37(50)43-30-17-8-6-4-5-7-13-25-21-40(25,36(48)49)44-34(46)31-22-39(23-45(31)35(30)47)19-18-28-27-15-9-10-16-29(27)42-32(33(28)51-39)24-12-11-14-26(41)20-24/h7,9-16,20,25,30-31H,4-6,8,17-19,21-23H2,1-3H3,(H,43,50)(H,44,46)(H,48,49)/t25-,30+,31+,39+,40-/m1/s1. The maximum absolute atomic E-state index is 14.6. The fourth-order valence-electron chi connectivity index (χ4n) is 7.96. The van der Waals surface area contributed by atoms with E-state index in [1.807, 2.05) is 36.4 Å². The van der Waals surface area contributed by atoms with Crippen LogP contribution in [0.4, 0.5) is 9.18 Å². The van der Waals surface area contributed by atoms with Gasteiger partial charge in [-0.3, -0.25) is 9.59 Å². The third kappa shape index (κ3) is 6.95. The van der Waals surface area contributed by atoms with E-state index in [0.29, 0.717) is 42.7 Å². The molecule has 1 spiro atoms. The van der Waals surface area contributed by atoms with Gasteiger partial charge in [-0.2, -0.15) is 0 Å². The second-order valence-corrected chi connectivity index (χ2v) is 15.6. The van der Waals surface area contributed by atoms with E-state index in [2.05, 4.69) is 10.6 Å². The van der Waals surface area contributed by atoms with Crippen molar-refractivity contribution in [3.8, 4) is 17.0 Å². The lowest BCUT2D eigenvalue weighted by atomic mass is 9.86. The predicted molar refractivity (Wildman–Crippen MR) is 191 cm³/mol. The third-order valence-electron chi connectivity index (χ3n) is 10.6. The average Bonchev–Trinajstić information content (AvgIpc) is 3.67. The van der Waals surface area contributed by atoms with Gasteiger partial charge in [0.25, 0.3) is 0 Å². The van der Waals surface area contributed by atoms with Crippen LogP contribution in [0.2, 0.25) is 0 Å². The first-order valence-corrected chi connectivity index (χ1v) is 18.2. The summed E-state index contributed by atoms with van der Waals surface area (Å²) in [4.78, 5) is 60.9. The Hall–Kier alpha value is -5.00. The van der Waals surface area contributed by atoms with E-state index in [9.17, 15) is 28.7 Å². The van der Waals surface area contributed by atoms with Gasteiger partial charge in [0, 0.05) is 28.9 Å². The van der Waals surface area contributed by atoms with Crippen LogP contribution in [0.3, 0.4) is 0 Å². The van der Waals surface area contributed by atoms with Crippen molar-refractivity contribution >= 4 is 34.8 Å². The number of para-hydroxylation sites is 1. The minimum atomic E-state index is -1.47. The van der Waals surface area contributed by atoms with Gasteiger partial charge >= 0.3 is 12.1 Å². The number of carbonyl (C=O) groups is 4. The quantitative estimate of drug-likeness (QED) is 0.277. The number of allylic oxidation sites excluding steroid dienone is 1. The number of benzene rings is 2. The smallest absolute Gasteiger partial charge is 0.408 e. The molecule has 5 atom stereocenters. The van der Waals surface area contributed by atoms with Crippen molar-refractivity contribution in [2.75, 3.05) is 6.54 Å². The zero-order valence-electron chi connectivity index (χ0n) is 29.7. The highest BCUT2D eigenvalue weighted by molar-refractivity contribution is 5.96. The number of fused-ring (bicyclic) bond motifs is 5. The predicted octanol–water partition coefficient (Wildman–Crippen LogP) is 6.08. The fourth-order valence-corrected chi connectivity index (χ4v) is 7.96. The van der Waals surface area contributed by atoms with Gasteiger partial charge in [-0.15, -0.1) is 0 Å². The highest BCUT2D eigenvalue weighted by Gasteiger charge is 2.62. The summed E-state index contributed by atoms with van der Waals surface area (Å²) in [7, 11) is 0. The first kappa shape index (κ1) is 35.4. The van der Waals surface area contributed by atoms with Gasteiger partial charge < -0.3 is 30.1 Å². The molecule has 4 aliphatic rings. The molecule has 2 aromatic carbocycles. The molecule has 2 fully saturated rings. The number of pyridine rings is 1. The molecule has 3 aliphatic heterocycles. The van der Waals surface area contributed by atoms with Crippen molar-refractivity contribution in [3.63, 3.8) is 0 Å². The van der Waals surface area contributed by atoms with Crippen LogP contribution in [0.25, 0.3) is 22.2 Å². The Balaban J connectivity index is 1.28. The number of carbonyl (C=O) groups excluding carboxylic acids is 3. The maximum Gasteiger partial charge on any atom is 0.408 e. The number of amides is 3. The van der Waals surface area contributed by atoms with Gasteiger partial charge in [0.2, 0.25) is 11.8 Å². The van der Waals surface area contributed by atoms with E-state index in [4.69, 9.17) is 14.5 Å². The Morgan fingerprint density at radius 1 is 1.10 bits per heavy atom. The number of nitrogens with zero attached hydrogens (tertiary/aromatic N) is 2. The van der Waals surface area contributed by atoms with E-state index in [-0.39, 0.29) is 25.3 Å². The van der Waals surface area contributed by atoms with Crippen LogP contribution in [0.15, 0.2) is 60.7 Å². The monoisotopic (exact) mass is 712 g/mol. The van der Waals surface area contributed by atoms with Crippen molar-refractivity contribution < 1.29 is 38.1 Å². The summed E-state index contributed by atoms with van der Waals surface area (Å²) in [6.45, 7) is 5.22. The zero-order chi connectivity index (χ0) is 36.8. The van der Waals surface area contributed by atoms with E-state index in [1.165, 1.54) is 17.0 Å². The summed E-state index contributed by atoms with van der Waals surface area (Å²) < 4.78 is 27.0. The number of rotatable bonds is 3. The molecule has 12 heteroatoms. The Bertz CT molecular complexity index is 1960. The lowest BCUT2D eigenvalue weighted by Gasteiger charge is -2.37. The molecule has 1 aromatic heterocycles. The van der Waals surface area contributed by atoms with E-state index in [1.54, 1.807) is 32.9 Å². The van der Waals surface area contributed by atoms with Crippen LogP contribution in [-0.2, 0) is 25.5 Å². The van der Waals surface area contributed by atoms with E-state index >= 15 is 0 Å². The SMILES string of the molecule is CC(C)(C)OC(=O)N[C@H]1CCCCCC=C[C@@H]2C[C@@]2(C(=O)O)NC(=O)[C@@H]2C[C@@]3(CCc4c(c(-c5cccc(F)c5)nc5ccccc45)O3)CN2C1=O. The van der Waals surface area contributed by atoms with Gasteiger partial charge in [-0.1, -0.05) is 55.3 Å². The van der Waals surface area contributed by atoms with Crippen LogP contribution < -0.4 is 15.4 Å². The third-order valence-corrected chi connectivity index (χ3v) is 10.6. The van der Waals surface area contributed by atoms with Crippen LogP contribution in [-0.4, -0.2) is 74.2 Å². The summed E-state index contributed by atoms with van der Waals surface area (Å²) in [6, 6.07) is 11.7. The second kappa shape index (κ2) is 13.5. The minimum Gasteiger partial charge on any atom is -0.483 e. The summed E-state index contributed by atoms with van der Waals surface area (Å²) >= 11 is 0. The molecule has 0 bridgehead atoms. The van der Waals surface area contributed by atoms with Crippen molar-refractivity contribution in [2.24, 2.45) is 5.92 Å². The summed E-state index contributed by atoms with van der Waals surface area (Å²) in [5, 5.41) is 16.8. The van der Waals surface area contributed by atoms with Gasteiger partial charge in [0.1, 0.15) is 46.1 Å². The molecule has 0 radical (unpaired) electrons. The highest BCUT2D eigenvalue weighted by atomic mass is 19.1. The Morgan fingerprint density at radius 2 is 1.90 bits per heavy atom. The largest absolute Gasteiger partial charge is 0.483 e. The normalized spacial score (nSPS) is 27.7. The van der Waals surface area contributed by atoms with Gasteiger partial charge in [-0.25, -0.2) is 19.0 Å². The lowest BCUT2D eigenvalue weighted by molar-refractivity contribution is -0.145. The second-order valence-electron chi connectivity index (χ2n) is 15.6. The summed E-state index contributed by atoms with van der Waals surface area (Å²) in [6.07, 6.45) is 7.69. The number of carboxylic acids is 1. The van der Waals surface area contributed by atoms with Crippen molar-refractivity contribution in [2.45, 2.75) is 107 Å². The molecular formula is C40H45FN4O7. The number of aliphatic carboxylic acids is 1. The van der Waals surface area contributed by atoms with Crippen molar-refractivity contribution in [1.29, 1.82) is 0 Å². The number of hydrogen-bond donors (Lipinski definition) is 3. The molecule has 11 nitrogen and oxygen atoms in total. The number of aryl methyl sites for hydroxylation is 1. The maximum atomic E-state index is 14.6. The Labute approximate surface area is 301 Å². The van der Waals surface area contributed by atoms with E-state index in [0.717, 1.165) is 35.7 Å². The summed E-state index contributed by atoms with van der Waals surface area (Å²) in [5.74, 6) is -2.52. The molecule has 4 heterocycles. The molecule has 274 valence electrons. The number of halogens is 1. The first-order valence-electron chi connectivity index (χ1n) is 18.2. The molecule has 3 aromatic rings. The molecule has 3 N–H and O–H groups in total. The summed E-state index contributed by atoms with van der Waals surface area (Å²) in [5.41, 5.74) is -0.716. The number of nitrogens with one attached hydrogen (secondary N) is 2. The molecule has 0 unspecified atom stereocenters. The molecular weight excluding hydrogens is 667 g/mol. The molecule has 1 saturated heterocycles. The van der Waals surface area contributed by atoms with Gasteiger partial charge in [-0.05, 0) is 77.5 Å². The molecule has 1 saturated carbocycles. The molecule has 1 aliphatic carbocycles.